The minimum absolute atomic E-state index is 0.0140. The molecule has 0 bridgehead atoms. The normalized spacial score (nSPS) is 21.4. The maximum Gasteiger partial charge on any atom is 0.291 e. The zero-order valence-electron chi connectivity index (χ0n) is 22.1. The van der Waals surface area contributed by atoms with Gasteiger partial charge in [0.1, 0.15) is 5.54 Å². The number of aromatic nitrogens is 2. The minimum Gasteiger partial charge on any atom is -0.367 e. The summed E-state index contributed by atoms with van der Waals surface area (Å²) < 4.78 is 55.5. The summed E-state index contributed by atoms with van der Waals surface area (Å²) in [7, 11) is -4.16. The molecule has 5 rings (SSSR count). The zero-order chi connectivity index (χ0) is 28.9. The Kier molecular flexibility index (Phi) is 7.30. The number of nitriles is 1. The number of amides is 1. The molecule has 2 saturated carbocycles. The van der Waals surface area contributed by atoms with Crippen molar-refractivity contribution in [3.63, 3.8) is 0 Å². The standard InChI is InChI=1S/C25H30F2N8O3S2/c1-15-13-34(8-9-35(15)22(36)24(2)4-3-5-24)19-11-16(40(37,38)33-25(14-29)6-7-25)10-18(17(19)12-28)30-23-32-31-21(39-23)20(26)27/h10-12,15,20,28,33H,3-9,13H2,1-2H3,(H,30,32)/t15-/m1/s1. The summed E-state index contributed by atoms with van der Waals surface area (Å²) in [6, 6.07) is 4.59. The van der Waals surface area contributed by atoms with E-state index in [1.54, 1.807) is 0 Å². The van der Waals surface area contributed by atoms with Crippen LogP contribution in [0.25, 0.3) is 0 Å². The number of nitrogens with one attached hydrogen (secondary N) is 3. The SMILES string of the molecule is C[C@@H]1CN(c2cc(S(=O)(=O)NC3(C#N)CC3)cc(Nc3nnc(C(F)F)s3)c2C=N)CCN1C(=O)C1(C)CCC1. The number of hydrogen-bond acceptors (Lipinski definition) is 10. The van der Waals surface area contributed by atoms with Crippen LogP contribution in [0, 0.1) is 22.2 Å². The van der Waals surface area contributed by atoms with E-state index in [-0.39, 0.29) is 33.1 Å². The predicted molar refractivity (Wildman–Crippen MR) is 146 cm³/mol. The van der Waals surface area contributed by atoms with Gasteiger partial charge in [0.25, 0.3) is 6.43 Å². The molecule has 40 heavy (non-hydrogen) atoms. The Morgan fingerprint density at radius 3 is 2.52 bits per heavy atom. The summed E-state index contributed by atoms with van der Waals surface area (Å²) in [6.07, 6.45) is 1.80. The Morgan fingerprint density at radius 1 is 1.27 bits per heavy atom. The maximum absolute atomic E-state index is 13.4. The molecule has 1 aromatic carbocycles. The van der Waals surface area contributed by atoms with E-state index < -0.39 is 27.0 Å². The average Bonchev–Trinajstić information content (AvgIpc) is 3.50. The van der Waals surface area contributed by atoms with E-state index in [2.05, 4.69) is 20.2 Å². The first-order valence-corrected chi connectivity index (χ1v) is 15.3. The first kappa shape index (κ1) is 28.3. The second kappa shape index (κ2) is 10.3. The van der Waals surface area contributed by atoms with Gasteiger partial charge in [0.2, 0.25) is 21.1 Å². The molecule has 11 nitrogen and oxygen atoms in total. The monoisotopic (exact) mass is 592 g/mol. The van der Waals surface area contributed by atoms with Gasteiger partial charge in [-0.2, -0.15) is 9.98 Å². The highest BCUT2D eigenvalue weighted by atomic mass is 32.2. The molecule has 2 aromatic rings. The van der Waals surface area contributed by atoms with E-state index in [0.717, 1.165) is 25.5 Å². The number of alkyl halides is 2. The van der Waals surface area contributed by atoms with E-state index in [4.69, 9.17) is 5.41 Å². The number of anilines is 3. The molecule has 1 aromatic heterocycles. The van der Waals surface area contributed by atoms with Crippen molar-refractivity contribution in [2.24, 2.45) is 5.41 Å². The van der Waals surface area contributed by atoms with E-state index >= 15 is 0 Å². The molecular formula is C25H30F2N8O3S2. The third-order valence-corrected chi connectivity index (χ3v) is 10.3. The average molecular weight is 593 g/mol. The van der Waals surface area contributed by atoms with Crippen LogP contribution in [0.4, 0.5) is 25.3 Å². The van der Waals surface area contributed by atoms with Crippen molar-refractivity contribution in [1.82, 2.24) is 19.8 Å². The van der Waals surface area contributed by atoms with E-state index in [0.29, 0.717) is 55.1 Å². The molecule has 3 aliphatic rings. The Bertz CT molecular complexity index is 1480. The van der Waals surface area contributed by atoms with Crippen molar-refractivity contribution in [1.29, 1.82) is 10.7 Å². The Labute approximate surface area is 235 Å². The van der Waals surface area contributed by atoms with Crippen LogP contribution < -0.4 is 14.9 Å². The number of sulfonamides is 1. The van der Waals surface area contributed by atoms with Crippen molar-refractivity contribution in [3.8, 4) is 6.07 Å². The van der Waals surface area contributed by atoms with Crippen LogP contribution in [0.3, 0.4) is 0 Å². The molecule has 0 spiro atoms. The fourth-order valence-corrected chi connectivity index (χ4v) is 7.23. The van der Waals surface area contributed by atoms with Crippen molar-refractivity contribution in [2.75, 3.05) is 29.9 Å². The number of nitrogens with zero attached hydrogens (tertiary/aromatic N) is 5. The van der Waals surface area contributed by atoms with Gasteiger partial charge in [0.05, 0.1) is 16.7 Å². The van der Waals surface area contributed by atoms with Gasteiger partial charge in [0, 0.05) is 48.6 Å². The van der Waals surface area contributed by atoms with Gasteiger partial charge in [-0.05, 0) is 44.7 Å². The van der Waals surface area contributed by atoms with Crippen LogP contribution in [0.1, 0.15) is 62.9 Å². The third kappa shape index (κ3) is 5.27. The largest absolute Gasteiger partial charge is 0.367 e. The Balaban J connectivity index is 1.50. The van der Waals surface area contributed by atoms with Gasteiger partial charge in [0.15, 0.2) is 5.01 Å². The summed E-state index contributed by atoms with van der Waals surface area (Å²) >= 11 is 0.623. The van der Waals surface area contributed by atoms with Gasteiger partial charge in [-0.3, -0.25) is 4.79 Å². The van der Waals surface area contributed by atoms with Gasteiger partial charge in [-0.25, -0.2) is 17.2 Å². The maximum atomic E-state index is 13.4. The number of carbonyl (C=O) groups is 1. The molecule has 1 amide bonds. The molecular weight excluding hydrogens is 562 g/mol. The highest BCUT2D eigenvalue weighted by Crippen LogP contribution is 2.43. The second-order valence-electron chi connectivity index (χ2n) is 10.9. The van der Waals surface area contributed by atoms with Gasteiger partial charge in [-0.1, -0.05) is 24.7 Å². The molecule has 2 aliphatic carbocycles. The number of hydrogen-bond donors (Lipinski definition) is 3. The van der Waals surface area contributed by atoms with Crippen molar-refractivity contribution < 1.29 is 22.0 Å². The number of piperazine rings is 1. The molecule has 15 heteroatoms. The van der Waals surface area contributed by atoms with Crippen LogP contribution in [-0.2, 0) is 14.8 Å². The van der Waals surface area contributed by atoms with Crippen LogP contribution >= 0.6 is 11.3 Å². The summed E-state index contributed by atoms with van der Waals surface area (Å²) in [4.78, 5) is 16.9. The number of halogens is 2. The van der Waals surface area contributed by atoms with E-state index in [1.165, 1.54) is 12.1 Å². The number of benzene rings is 1. The molecule has 3 N–H and O–H groups in total. The fourth-order valence-electron chi connectivity index (χ4n) is 5.20. The summed E-state index contributed by atoms with van der Waals surface area (Å²) in [5.74, 6) is 0.124. The van der Waals surface area contributed by atoms with Gasteiger partial charge < -0.3 is 20.5 Å². The van der Waals surface area contributed by atoms with Gasteiger partial charge >= 0.3 is 0 Å². The molecule has 0 unspecified atom stereocenters. The van der Waals surface area contributed by atoms with Crippen LogP contribution in [-0.4, -0.2) is 66.9 Å². The van der Waals surface area contributed by atoms with Crippen molar-refractivity contribution in [3.05, 3.63) is 22.7 Å². The lowest BCUT2D eigenvalue weighted by Gasteiger charge is -2.47. The van der Waals surface area contributed by atoms with Crippen LogP contribution in [0.15, 0.2) is 17.0 Å². The minimum atomic E-state index is -4.16. The molecule has 3 fully saturated rings. The Hall–Kier alpha value is -3.22. The highest BCUT2D eigenvalue weighted by Gasteiger charge is 2.47. The summed E-state index contributed by atoms with van der Waals surface area (Å²) in [5.41, 5.74) is -0.580. The van der Waals surface area contributed by atoms with Gasteiger partial charge in [-0.15, -0.1) is 10.2 Å². The molecule has 2 heterocycles. The highest BCUT2D eigenvalue weighted by molar-refractivity contribution is 7.89. The third-order valence-electron chi connectivity index (χ3n) is 7.95. The van der Waals surface area contributed by atoms with Crippen molar-refractivity contribution >= 4 is 50.0 Å². The van der Waals surface area contributed by atoms with Crippen LogP contribution in [0.2, 0.25) is 0 Å². The molecule has 1 saturated heterocycles. The lowest BCUT2D eigenvalue weighted by Crippen LogP contribution is -2.58. The van der Waals surface area contributed by atoms with Crippen LogP contribution in [0.5, 0.6) is 0 Å². The van der Waals surface area contributed by atoms with Crippen molar-refractivity contribution in [2.45, 2.75) is 68.9 Å². The molecule has 1 atom stereocenters. The lowest BCUT2D eigenvalue weighted by molar-refractivity contribution is -0.148. The first-order valence-electron chi connectivity index (χ1n) is 13.0. The number of carbonyl (C=O) groups excluding carboxylic acids is 1. The smallest absolute Gasteiger partial charge is 0.291 e. The first-order chi connectivity index (χ1) is 18.9. The van der Waals surface area contributed by atoms with E-state index in [1.807, 2.05) is 29.7 Å². The summed E-state index contributed by atoms with van der Waals surface area (Å²) in [5, 5.41) is 27.2. The molecule has 1 aliphatic heterocycles. The molecule has 0 radical (unpaired) electrons. The fraction of sp³-hybridized carbons (Fsp3) is 0.560. The second-order valence-corrected chi connectivity index (χ2v) is 13.6. The quantitative estimate of drug-likeness (QED) is 0.372. The predicted octanol–water partition coefficient (Wildman–Crippen LogP) is 3.78. The molecule has 214 valence electrons. The van der Waals surface area contributed by atoms with E-state index in [9.17, 15) is 27.3 Å². The summed E-state index contributed by atoms with van der Waals surface area (Å²) in [6.45, 7) is 5.16. The lowest BCUT2D eigenvalue weighted by atomic mass is 9.69. The zero-order valence-corrected chi connectivity index (χ0v) is 23.7. The topological polar surface area (TPSA) is 155 Å². The number of rotatable bonds is 9. The Morgan fingerprint density at radius 2 is 2.00 bits per heavy atom.